The number of hydrogen-bond acceptors (Lipinski definition) is 4. The Balaban J connectivity index is 2.26. The lowest BCUT2D eigenvalue weighted by atomic mass is 10.1. The average Bonchev–Trinajstić information content (AvgIpc) is 2.88. The van der Waals surface area contributed by atoms with Crippen molar-refractivity contribution in [1.29, 1.82) is 0 Å². The highest BCUT2D eigenvalue weighted by Crippen LogP contribution is 2.35. The number of anilines is 2. The zero-order valence-electron chi connectivity index (χ0n) is 16.3. The minimum absolute atomic E-state index is 0.315. The number of aryl methyl sites for hydroxylation is 4. The number of nitrogens with zero attached hydrogens (tertiary/aromatic N) is 3. The first-order chi connectivity index (χ1) is 12.3. The average molecular weight is 351 g/mol. The number of para-hydroxylation sites is 1. The molecule has 0 radical (unpaired) electrons. The van der Waals surface area contributed by atoms with Gasteiger partial charge in [-0.1, -0.05) is 18.2 Å². The fraction of sp³-hybridized carbons (Fsp3) is 0.333. The summed E-state index contributed by atoms with van der Waals surface area (Å²) in [7, 11) is 3.98. The Bertz CT molecular complexity index is 968. The van der Waals surface area contributed by atoms with Crippen LogP contribution < -0.4 is 4.90 Å². The fourth-order valence-corrected chi connectivity index (χ4v) is 3.43. The summed E-state index contributed by atoms with van der Waals surface area (Å²) in [5.74, 6) is 0.585. The molecule has 0 saturated carbocycles. The van der Waals surface area contributed by atoms with Crippen LogP contribution >= 0.6 is 0 Å². The monoisotopic (exact) mass is 351 g/mol. The Hall–Kier alpha value is -2.82. The predicted octanol–water partition coefficient (Wildman–Crippen LogP) is 4.44. The summed E-state index contributed by atoms with van der Waals surface area (Å²) < 4.78 is 7.22. The number of hydrogen-bond donors (Lipinski definition) is 0. The summed E-state index contributed by atoms with van der Waals surface area (Å²) >= 11 is 0. The number of rotatable bonds is 4. The first-order valence-electron chi connectivity index (χ1n) is 8.79. The van der Waals surface area contributed by atoms with E-state index in [1.54, 1.807) is 0 Å². The number of aromatic nitrogens is 2. The van der Waals surface area contributed by atoms with Gasteiger partial charge in [0, 0.05) is 19.8 Å². The molecule has 3 aromatic rings. The molecule has 0 aliphatic carbocycles. The van der Waals surface area contributed by atoms with Crippen molar-refractivity contribution in [2.45, 2.75) is 27.7 Å². The van der Waals surface area contributed by atoms with E-state index >= 15 is 0 Å². The van der Waals surface area contributed by atoms with Gasteiger partial charge in [0.1, 0.15) is 11.3 Å². The summed E-state index contributed by atoms with van der Waals surface area (Å²) in [5, 5.41) is 0. The molecule has 0 bridgehead atoms. The quantitative estimate of drug-likeness (QED) is 0.652. The second-order valence-corrected chi connectivity index (χ2v) is 6.60. The van der Waals surface area contributed by atoms with Crippen LogP contribution in [0.4, 0.5) is 11.4 Å². The van der Waals surface area contributed by atoms with Crippen LogP contribution in [0.15, 0.2) is 30.3 Å². The van der Waals surface area contributed by atoms with Gasteiger partial charge in [-0.2, -0.15) is 0 Å². The van der Waals surface area contributed by atoms with Crippen LogP contribution in [0.25, 0.3) is 11.0 Å². The first-order valence-corrected chi connectivity index (χ1v) is 8.79. The fourth-order valence-electron chi connectivity index (χ4n) is 3.43. The smallest absolute Gasteiger partial charge is 0.338 e. The Morgan fingerprint density at radius 3 is 2.46 bits per heavy atom. The van der Waals surface area contributed by atoms with Gasteiger partial charge in [-0.05, 0) is 51.0 Å². The molecule has 0 fully saturated rings. The van der Waals surface area contributed by atoms with Crippen LogP contribution in [-0.4, -0.2) is 29.2 Å². The topological polar surface area (TPSA) is 47.4 Å². The van der Waals surface area contributed by atoms with Crippen molar-refractivity contribution in [3.8, 4) is 0 Å². The van der Waals surface area contributed by atoms with E-state index in [9.17, 15) is 4.79 Å². The zero-order chi connectivity index (χ0) is 19.0. The van der Waals surface area contributed by atoms with Gasteiger partial charge < -0.3 is 14.2 Å². The van der Waals surface area contributed by atoms with Gasteiger partial charge in [0.2, 0.25) is 0 Å². The maximum Gasteiger partial charge on any atom is 0.338 e. The van der Waals surface area contributed by atoms with E-state index in [0.717, 1.165) is 28.2 Å². The minimum atomic E-state index is -0.315. The lowest BCUT2D eigenvalue weighted by Crippen LogP contribution is -2.14. The maximum absolute atomic E-state index is 12.4. The molecular weight excluding hydrogens is 326 g/mol. The van der Waals surface area contributed by atoms with Gasteiger partial charge in [-0.3, -0.25) is 0 Å². The van der Waals surface area contributed by atoms with Crippen molar-refractivity contribution in [1.82, 2.24) is 9.55 Å². The molecule has 0 atom stereocenters. The lowest BCUT2D eigenvalue weighted by molar-refractivity contribution is 0.0526. The second-order valence-electron chi connectivity index (χ2n) is 6.60. The van der Waals surface area contributed by atoms with Crippen molar-refractivity contribution in [2.75, 3.05) is 18.6 Å². The molecule has 5 nitrogen and oxygen atoms in total. The van der Waals surface area contributed by atoms with Gasteiger partial charge in [0.15, 0.2) is 0 Å². The van der Waals surface area contributed by atoms with E-state index in [0.29, 0.717) is 12.2 Å². The molecule has 1 heterocycles. The van der Waals surface area contributed by atoms with Crippen LogP contribution in [0.3, 0.4) is 0 Å². The van der Waals surface area contributed by atoms with Crippen molar-refractivity contribution < 1.29 is 9.53 Å². The number of carbonyl (C=O) groups is 1. The zero-order valence-corrected chi connectivity index (χ0v) is 16.3. The third kappa shape index (κ3) is 2.94. The van der Waals surface area contributed by atoms with E-state index in [1.807, 2.05) is 44.6 Å². The van der Waals surface area contributed by atoms with Crippen molar-refractivity contribution in [3.05, 3.63) is 52.8 Å². The molecule has 1 aromatic heterocycles. The molecule has 0 N–H and O–H groups in total. The third-order valence-corrected chi connectivity index (χ3v) is 4.84. The van der Waals surface area contributed by atoms with Crippen LogP contribution in [0.2, 0.25) is 0 Å². The highest BCUT2D eigenvalue weighted by Gasteiger charge is 2.20. The van der Waals surface area contributed by atoms with Gasteiger partial charge in [0.25, 0.3) is 0 Å². The highest BCUT2D eigenvalue weighted by atomic mass is 16.5. The van der Waals surface area contributed by atoms with Crippen LogP contribution in [-0.2, 0) is 11.8 Å². The molecule has 0 aliphatic heterocycles. The second kappa shape index (κ2) is 6.83. The summed E-state index contributed by atoms with van der Waals surface area (Å²) in [6.07, 6.45) is 0. The molecule has 5 heteroatoms. The van der Waals surface area contributed by atoms with Crippen LogP contribution in [0.1, 0.15) is 34.2 Å². The number of benzene rings is 2. The normalized spacial score (nSPS) is 11.0. The highest BCUT2D eigenvalue weighted by molar-refractivity contribution is 6.00. The van der Waals surface area contributed by atoms with Crippen LogP contribution in [0.5, 0.6) is 0 Å². The van der Waals surface area contributed by atoms with Gasteiger partial charge in [0.05, 0.1) is 23.4 Å². The van der Waals surface area contributed by atoms with E-state index < -0.39 is 0 Å². The summed E-state index contributed by atoms with van der Waals surface area (Å²) in [6, 6.07) is 9.97. The van der Waals surface area contributed by atoms with Crippen molar-refractivity contribution in [2.24, 2.45) is 7.05 Å². The van der Waals surface area contributed by atoms with Gasteiger partial charge >= 0.3 is 5.97 Å². The Kier molecular flexibility index (Phi) is 4.72. The molecule has 3 rings (SSSR count). The molecule has 0 aliphatic rings. The molecule has 0 spiro atoms. The third-order valence-electron chi connectivity index (χ3n) is 4.84. The number of fused-ring (bicyclic) bond motifs is 1. The molecule has 26 heavy (non-hydrogen) atoms. The van der Waals surface area contributed by atoms with E-state index in [2.05, 4.69) is 36.9 Å². The van der Waals surface area contributed by atoms with Gasteiger partial charge in [-0.25, -0.2) is 9.78 Å². The Morgan fingerprint density at radius 1 is 1.19 bits per heavy atom. The van der Waals surface area contributed by atoms with Gasteiger partial charge in [-0.15, -0.1) is 0 Å². The van der Waals surface area contributed by atoms with Crippen molar-refractivity contribution >= 4 is 28.4 Å². The molecule has 2 aromatic carbocycles. The minimum Gasteiger partial charge on any atom is -0.462 e. The standard InChI is InChI=1S/C21H25N3O2/c1-7-26-21(25)16-11-17-19(22-15(4)23(17)5)18(12-16)24(6)20-13(2)9-8-10-14(20)3/h8-12H,7H2,1-6H3. The number of esters is 1. The number of carbonyl (C=O) groups excluding carboxylic acids is 1. The Labute approximate surface area is 154 Å². The molecule has 0 amide bonds. The predicted molar refractivity (Wildman–Crippen MR) is 105 cm³/mol. The molecular formula is C21H25N3O2. The number of ether oxygens (including phenoxy) is 1. The number of imidazole rings is 1. The summed E-state index contributed by atoms with van der Waals surface area (Å²) in [4.78, 5) is 19.2. The molecule has 136 valence electrons. The van der Waals surface area contributed by atoms with E-state index in [1.165, 1.54) is 11.1 Å². The summed E-state index contributed by atoms with van der Waals surface area (Å²) in [6.45, 7) is 8.31. The molecule has 0 unspecified atom stereocenters. The van der Waals surface area contributed by atoms with Crippen molar-refractivity contribution in [3.63, 3.8) is 0 Å². The largest absolute Gasteiger partial charge is 0.462 e. The first kappa shape index (κ1) is 18.0. The van der Waals surface area contributed by atoms with E-state index in [-0.39, 0.29) is 5.97 Å². The molecule has 0 saturated heterocycles. The summed E-state index contributed by atoms with van der Waals surface area (Å²) in [5.41, 5.74) is 6.70. The van der Waals surface area contributed by atoms with E-state index in [4.69, 9.17) is 9.72 Å². The maximum atomic E-state index is 12.4. The lowest BCUT2D eigenvalue weighted by Gasteiger charge is -2.24. The van der Waals surface area contributed by atoms with Crippen LogP contribution in [0, 0.1) is 20.8 Å². The Morgan fingerprint density at radius 2 is 1.85 bits per heavy atom. The SMILES string of the molecule is CCOC(=O)c1cc(N(C)c2c(C)cccc2C)c2nc(C)n(C)c2c1.